The van der Waals surface area contributed by atoms with Crippen molar-refractivity contribution in [2.45, 2.75) is 59.0 Å². The Morgan fingerprint density at radius 3 is 2.33 bits per heavy atom. The predicted molar refractivity (Wildman–Crippen MR) is 148 cm³/mol. The van der Waals surface area contributed by atoms with Crippen LogP contribution in [0.5, 0.6) is 11.5 Å². The zero-order valence-electron chi connectivity index (χ0n) is 23.2. The van der Waals surface area contributed by atoms with E-state index in [1.54, 1.807) is 29.3 Å². The molecule has 1 aromatic heterocycles. The van der Waals surface area contributed by atoms with Crippen molar-refractivity contribution in [2.75, 3.05) is 31.6 Å². The summed E-state index contributed by atoms with van der Waals surface area (Å²) in [4.78, 5) is 28.1. The fraction of sp³-hybridized carbons (Fsp3) is 0.433. The maximum Gasteiger partial charge on any atom is 0.410 e. The molecular formula is C30H36N4O5. The first-order valence-electron chi connectivity index (χ1n) is 13.4. The maximum absolute atomic E-state index is 13.7. The smallest absolute Gasteiger partial charge is 0.410 e. The molecule has 206 valence electrons. The molecule has 0 bridgehead atoms. The van der Waals surface area contributed by atoms with E-state index in [4.69, 9.17) is 19.3 Å². The lowest BCUT2D eigenvalue weighted by Crippen LogP contribution is -2.41. The Morgan fingerprint density at radius 2 is 1.67 bits per heavy atom. The van der Waals surface area contributed by atoms with Gasteiger partial charge >= 0.3 is 6.09 Å². The largest absolute Gasteiger partial charge is 0.486 e. The highest BCUT2D eigenvalue weighted by atomic mass is 16.6. The molecule has 5 rings (SSSR count). The van der Waals surface area contributed by atoms with Crippen LogP contribution in [0.3, 0.4) is 0 Å². The summed E-state index contributed by atoms with van der Waals surface area (Å²) in [5, 5.41) is 7.75. The monoisotopic (exact) mass is 532 g/mol. The van der Waals surface area contributed by atoms with Crippen molar-refractivity contribution in [3.63, 3.8) is 0 Å². The number of rotatable bonds is 4. The quantitative estimate of drug-likeness (QED) is 0.468. The van der Waals surface area contributed by atoms with Crippen LogP contribution in [0.2, 0.25) is 0 Å². The van der Waals surface area contributed by atoms with Crippen LogP contribution in [-0.4, -0.2) is 58.6 Å². The van der Waals surface area contributed by atoms with Crippen molar-refractivity contribution >= 4 is 17.7 Å². The first-order chi connectivity index (χ1) is 18.6. The molecular weight excluding hydrogens is 496 g/mol. The number of nitrogens with one attached hydrogen (secondary N) is 1. The Balaban J connectivity index is 1.44. The fourth-order valence-electron chi connectivity index (χ4n) is 5.23. The topological polar surface area (TPSA) is 94.9 Å². The number of anilines is 1. The molecule has 9 nitrogen and oxygen atoms in total. The van der Waals surface area contributed by atoms with Gasteiger partial charge in [-0.2, -0.15) is 5.10 Å². The van der Waals surface area contributed by atoms with Gasteiger partial charge in [0.2, 0.25) is 0 Å². The number of hydrogen-bond acceptors (Lipinski definition) is 6. The summed E-state index contributed by atoms with van der Waals surface area (Å²) in [6.45, 7) is 11.8. The molecule has 2 aliphatic rings. The molecule has 0 aliphatic carbocycles. The third-order valence-electron chi connectivity index (χ3n) is 7.04. The number of piperidine rings is 1. The number of carbonyl (C=O) groups excluding carboxylic acids is 2. The Bertz CT molecular complexity index is 1360. The highest BCUT2D eigenvalue weighted by molar-refractivity contribution is 6.05. The molecule has 9 heteroatoms. The van der Waals surface area contributed by atoms with Crippen molar-refractivity contribution in [3.05, 3.63) is 65.0 Å². The van der Waals surface area contributed by atoms with Gasteiger partial charge < -0.3 is 24.4 Å². The second-order valence-corrected chi connectivity index (χ2v) is 11.1. The van der Waals surface area contributed by atoms with E-state index in [2.05, 4.69) is 5.32 Å². The van der Waals surface area contributed by atoms with Gasteiger partial charge in [0.1, 0.15) is 18.8 Å². The van der Waals surface area contributed by atoms with E-state index in [1.165, 1.54) is 0 Å². The number of ether oxygens (including phenoxy) is 3. The first kappa shape index (κ1) is 26.6. The predicted octanol–water partition coefficient (Wildman–Crippen LogP) is 5.63. The molecule has 39 heavy (non-hydrogen) atoms. The number of para-hydroxylation sites is 1. The number of carbonyl (C=O) groups is 2. The van der Waals surface area contributed by atoms with Gasteiger partial charge in [-0.05, 0) is 70.7 Å². The average Bonchev–Trinajstić information content (AvgIpc) is 3.32. The molecule has 1 fully saturated rings. The van der Waals surface area contributed by atoms with E-state index in [0.29, 0.717) is 61.9 Å². The number of amides is 2. The van der Waals surface area contributed by atoms with Crippen LogP contribution in [0.4, 0.5) is 10.5 Å². The minimum Gasteiger partial charge on any atom is -0.486 e. The van der Waals surface area contributed by atoms with Crippen molar-refractivity contribution in [3.8, 4) is 17.2 Å². The van der Waals surface area contributed by atoms with Crippen molar-refractivity contribution in [1.82, 2.24) is 14.7 Å². The van der Waals surface area contributed by atoms with Gasteiger partial charge in [-0.25, -0.2) is 9.48 Å². The van der Waals surface area contributed by atoms with Gasteiger partial charge in [0.25, 0.3) is 5.91 Å². The number of aryl methyl sites for hydroxylation is 2. The minimum absolute atomic E-state index is 0.0335. The molecule has 3 heterocycles. The molecule has 0 unspecified atom stereocenters. The number of hydrogen-bond donors (Lipinski definition) is 1. The molecule has 2 aromatic carbocycles. The number of likely N-dealkylation sites (tertiary alicyclic amines) is 1. The molecule has 1 saturated heterocycles. The van der Waals surface area contributed by atoms with Gasteiger partial charge in [0, 0.05) is 30.8 Å². The van der Waals surface area contributed by atoms with Gasteiger partial charge in [0.15, 0.2) is 11.5 Å². The Kier molecular flexibility index (Phi) is 7.25. The van der Waals surface area contributed by atoms with E-state index < -0.39 is 5.60 Å². The van der Waals surface area contributed by atoms with Gasteiger partial charge in [0.05, 0.1) is 23.1 Å². The molecule has 1 N–H and O–H groups in total. The number of benzene rings is 2. The Labute approximate surface area is 229 Å². The number of fused-ring (bicyclic) bond motifs is 1. The van der Waals surface area contributed by atoms with Crippen LogP contribution in [0.15, 0.2) is 42.6 Å². The highest BCUT2D eigenvalue weighted by Gasteiger charge is 2.32. The van der Waals surface area contributed by atoms with Crippen LogP contribution < -0.4 is 14.8 Å². The average molecular weight is 533 g/mol. The molecule has 2 aliphatic heterocycles. The summed E-state index contributed by atoms with van der Waals surface area (Å²) in [7, 11) is 0. The first-order valence-corrected chi connectivity index (χ1v) is 13.4. The van der Waals surface area contributed by atoms with Crippen LogP contribution in [-0.2, 0) is 4.74 Å². The zero-order valence-corrected chi connectivity index (χ0v) is 23.2. The van der Waals surface area contributed by atoms with E-state index >= 15 is 0 Å². The molecule has 3 aromatic rings. The standard InChI is InChI=1S/C30H36N4O5/c1-19-7-6-8-20(2)26(19)34-27(21-11-13-33(14-12-21)29(36)39-30(3,4)5)23(18-31-34)28(35)32-22-9-10-24-25(17-22)38-16-15-37-24/h6-10,17-18,21H,11-16H2,1-5H3,(H,32,35). The van der Waals surface area contributed by atoms with E-state index in [1.807, 2.05) is 57.5 Å². The van der Waals surface area contributed by atoms with E-state index in [0.717, 1.165) is 22.5 Å². The van der Waals surface area contributed by atoms with Crippen LogP contribution in [0.25, 0.3) is 5.69 Å². The van der Waals surface area contributed by atoms with Crippen molar-refractivity contribution in [2.24, 2.45) is 0 Å². The van der Waals surface area contributed by atoms with Crippen molar-refractivity contribution in [1.29, 1.82) is 0 Å². The van der Waals surface area contributed by atoms with Gasteiger partial charge in [-0.3, -0.25) is 4.79 Å². The molecule has 0 radical (unpaired) electrons. The second kappa shape index (κ2) is 10.6. The maximum atomic E-state index is 13.7. The summed E-state index contributed by atoms with van der Waals surface area (Å²) in [5.41, 5.74) is 4.56. The van der Waals surface area contributed by atoms with E-state index in [-0.39, 0.29) is 17.9 Å². The summed E-state index contributed by atoms with van der Waals surface area (Å²) < 4.78 is 18.8. The van der Waals surface area contributed by atoms with Gasteiger partial charge in [-0.1, -0.05) is 18.2 Å². The Hall–Kier alpha value is -4.01. The van der Waals surface area contributed by atoms with E-state index in [9.17, 15) is 9.59 Å². The third kappa shape index (κ3) is 5.72. The minimum atomic E-state index is -0.548. The SMILES string of the molecule is Cc1cccc(C)c1-n1ncc(C(=O)Nc2ccc3c(c2)OCCO3)c1C1CCN(C(=O)OC(C)(C)C)CC1. The molecule has 0 spiro atoms. The normalized spacial score (nSPS) is 15.7. The summed E-state index contributed by atoms with van der Waals surface area (Å²) in [5.74, 6) is 1.07. The third-order valence-corrected chi connectivity index (χ3v) is 7.04. The summed E-state index contributed by atoms with van der Waals surface area (Å²) in [6.07, 6.45) is 2.73. The molecule has 2 amide bonds. The Morgan fingerprint density at radius 1 is 1.00 bits per heavy atom. The molecule has 0 atom stereocenters. The van der Waals surface area contributed by atoms with Gasteiger partial charge in [-0.15, -0.1) is 0 Å². The second-order valence-electron chi connectivity index (χ2n) is 11.1. The fourth-order valence-corrected chi connectivity index (χ4v) is 5.23. The summed E-state index contributed by atoms with van der Waals surface area (Å²) >= 11 is 0. The summed E-state index contributed by atoms with van der Waals surface area (Å²) in [6, 6.07) is 11.5. The lowest BCUT2D eigenvalue weighted by atomic mass is 9.90. The van der Waals surface area contributed by atoms with Crippen LogP contribution in [0, 0.1) is 13.8 Å². The number of nitrogens with zero attached hydrogens (tertiary/aromatic N) is 3. The van der Waals surface area contributed by atoms with Crippen LogP contribution >= 0.6 is 0 Å². The molecule has 0 saturated carbocycles. The lowest BCUT2D eigenvalue weighted by molar-refractivity contribution is 0.0203. The highest BCUT2D eigenvalue weighted by Crippen LogP contribution is 2.36. The number of aromatic nitrogens is 2. The zero-order chi connectivity index (χ0) is 27.7. The lowest BCUT2D eigenvalue weighted by Gasteiger charge is -2.34. The van der Waals surface area contributed by atoms with Crippen molar-refractivity contribution < 1.29 is 23.8 Å². The van der Waals surface area contributed by atoms with Crippen LogP contribution in [0.1, 0.15) is 66.7 Å².